The second-order valence-corrected chi connectivity index (χ2v) is 4.81. The van der Waals surface area contributed by atoms with E-state index in [1.807, 2.05) is 0 Å². The molecule has 1 saturated carbocycles. The highest BCUT2D eigenvalue weighted by Gasteiger charge is 2.31. The highest BCUT2D eigenvalue weighted by Crippen LogP contribution is 2.31. The van der Waals surface area contributed by atoms with Crippen molar-refractivity contribution in [1.29, 1.82) is 0 Å². The van der Waals surface area contributed by atoms with Crippen LogP contribution in [0.3, 0.4) is 0 Å². The Morgan fingerprint density at radius 3 is 2.58 bits per heavy atom. The second kappa shape index (κ2) is 5.11. The monoisotopic (exact) mass is 272 g/mol. The zero-order chi connectivity index (χ0) is 14.0. The maximum Gasteiger partial charge on any atom is 0.416 e. The lowest BCUT2D eigenvalue weighted by atomic mass is 9.85. The van der Waals surface area contributed by atoms with Gasteiger partial charge in [0.15, 0.2) is 0 Å². The molecule has 0 unspecified atom stereocenters. The molecule has 3 N–H and O–H groups in total. The standard InChI is InChI=1S/C13H15F3N2O/c14-13(15,16)9-4-5-11(17)10(6-9)12(19)18-7-8-2-1-3-8/h4-6,8H,1-3,7,17H2,(H,18,19). The van der Waals surface area contributed by atoms with Crippen molar-refractivity contribution in [3.63, 3.8) is 0 Å². The molecule has 0 heterocycles. The van der Waals surface area contributed by atoms with Crippen molar-refractivity contribution in [1.82, 2.24) is 5.32 Å². The van der Waals surface area contributed by atoms with Gasteiger partial charge in [-0.2, -0.15) is 13.2 Å². The average molecular weight is 272 g/mol. The molecule has 1 amide bonds. The molecule has 0 radical (unpaired) electrons. The average Bonchev–Trinajstić information content (AvgIpc) is 2.25. The van der Waals surface area contributed by atoms with Crippen molar-refractivity contribution in [2.45, 2.75) is 25.4 Å². The molecule has 19 heavy (non-hydrogen) atoms. The van der Waals surface area contributed by atoms with Crippen LogP contribution in [-0.4, -0.2) is 12.5 Å². The van der Waals surface area contributed by atoms with Crippen LogP contribution in [0.5, 0.6) is 0 Å². The number of amides is 1. The summed E-state index contributed by atoms with van der Waals surface area (Å²) in [6.45, 7) is 0.495. The Kier molecular flexibility index (Phi) is 3.68. The first-order valence-corrected chi connectivity index (χ1v) is 6.13. The minimum absolute atomic E-state index is 0.0547. The maximum atomic E-state index is 12.6. The molecule has 1 fully saturated rings. The summed E-state index contributed by atoms with van der Waals surface area (Å²) in [5, 5.41) is 2.63. The smallest absolute Gasteiger partial charge is 0.398 e. The summed E-state index contributed by atoms with van der Waals surface area (Å²) in [7, 11) is 0. The van der Waals surface area contributed by atoms with Crippen LogP contribution in [0.4, 0.5) is 18.9 Å². The zero-order valence-electron chi connectivity index (χ0n) is 10.3. The molecule has 3 nitrogen and oxygen atoms in total. The number of rotatable bonds is 3. The Labute approximate surface area is 109 Å². The molecule has 6 heteroatoms. The third-order valence-corrected chi connectivity index (χ3v) is 3.40. The third kappa shape index (κ3) is 3.19. The van der Waals surface area contributed by atoms with E-state index in [0.717, 1.165) is 37.5 Å². The zero-order valence-corrected chi connectivity index (χ0v) is 10.3. The van der Waals surface area contributed by atoms with Gasteiger partial charge >= 0.3 is 6.18 Å². The number of halogens is 3. The number of hydrogen-bond acceptors (Lipinski definition) is 2. The highest BCUT2D eigenvalue weighted by atomic mass is 19.4. The largest absolute Gasteiger partial charge is 0.416 e. The van der Waals surface area contributed by atoms with Gasteiger partial charge in [0.25, 0.3) is 5.91 Å². The van der Waals surface area contributed by atoms with E-state index in [4.69, 9.17) is 5.73 Å². The molecule has 0 aliphatic heterocycles. The van der Waals surface area contributed by atoms with Gasteiger partial charge in [0.05, 0.1) is 11.1 Å². The van der Waals surface area contributed by atoms with E-state index >= 15 is 0 Å². The lowest BCUT2D eigenvalue weighted by molar-refractivity contribution is -0.137. The summed E-state index contributed by atoms with van der Waals surface area (Å²) in [5.41, 5.74) is 4.63. The second-order valence-electron chi connectivity index (χ2n) is 4.81. The fraction of sp³-hybridized carbons (Fsp3) is 0.462. The fourth-order valence-electron chi connectivity index (χ4n) is 1.96. The Balaban J connectivity index is 2.10. The lowest BCUT2D eigenvalue weighted by Gasteiger charge is -2.25. The number of carbonyl (C=O) groups is 1. The number of nitrogen functional groups attached to an aromatic ring is 1. The summed E-state index contributed by atoms with van der Waals surface area (Å²) in [4.78, 5) is 11.8. The molecule has 2 rings (SSSR count). The van der Waals surface area contributed by atoms with E-state index in [1.54, 1.807) is 0 Å². The van der Waals surface area contributed by atoms with Gasteiger partial charge in [0, 0.05) is 12.2 Å². The minimum Gasteiger partial charge on any atom is -0.398 e. The Morgan fingerprint density at radius 2 is 2.05 bits per heavy atom. The molecule has 1 aliphatic rings. The van der Waals surface area contributed by atoms with Crippen LogP contribution >= 0.6 is 0 Å². The lowest BCUT2D eigenvalue weighted by Crippen LogP contribution is -2.32. The van der Waals surface area contributed by atoms with Crippen molar-refractivity contribution >= 4 is 11.6 Å². The van der Waals surface area contributed by atoms with Crippen molar-refractivity contribution in [2.24, 2.45) is 5.92 Å². The summed E-state index contributed by atoms with van der Waals surface area (Å²) in [6.07, 6.45) is -1.22. The Morgan fingerprint density at radius 1 is 1.37 bits per heavy atom. The van der Waals surface area contributed by atoms with Crippen LogP contribution in [0.1, 0.15) is 35.2 Å². The predicted octanol–water partition coefficient (Wildman–Crippen LogP) is 2.82. The van der Waals surface area contributed by atoms with Crippen LogP contribution < -0.4 is 11.1 Å². The summed E-state index contributed by atoms with van der Waals surface area (Å²) in [5.74, 6) is -0.105. The van der Waals surface area contributed by atoms with Crippen molar-refractivity contribution < 1.29 is 18.0 Å². The maximum absolute atomic E-state index is 12.6. The number of benzene rings is 1. The number of alkyl halides is 3. The number of carbonyl (C=O) groups excluding carboxylic acids is 1. The van der Waals surface area contributed by atoms with Gasteiger partial charge in [0.1, 0.15) is 0 Å². The van der Waals surface area contributed by atoms with E-state index in [2.05, 4.69) is 5.32 Å². The Bertz CT molecular complexity index is 481. The van der Waals surface area contributed by atoms with Crippen molar-refractivity contribution in [3.8, 4) is 0 Å². The van der Waals surface area contributed by atoms with E-state index in [1.165, 1.54) is 0 Å². The molecule has 0 bridgehead atoms. The molecule has 1 aromatic carbocycles. The number of anilines is 1. The normalized spacial score (nSPS) is 15.9. The van der Waals surface area contributed by atoms with Crippen LogP contribution in [0.2, 0.25) is 0 Å². The van der Waals surface area contributed by atoms with Gasteiger partial charge in [-0.3, -0.25) is 4.79 Å². The van der Waals surface area contributed by atoms with E-state index in [0.29, 0.717) is 12.5 Å². The summed E-state index contributed by atoms with van der Waals surface area (Å²) < 4.78 is 37.7. The number of hydrogen-bond donors (Lipinski definition) is 2. The SMILES string of the molecule is Nc1ccc(C(F)(F)F)cc1C(=O)NCC1CCC1. The molecule has 0 saturated heterocycles. The van der Waals surface area contributed by atoms with Gasteiger partial charge in [-0.1, -0.05) is 6.42 Å². The van der Waals surface area contributed by atoms with Gasteiger partial charge in [-0.25, -0.2) is 0 Å². The van der Waals surface area contributed by atoms with Gasteiger partial charge in [0.2, 0.25) is 0 Å². The minimum atomic E-state index is -4.48. The fourth-order valence-corrected chi connectivity index (χ4v) is 1.96. The molecule has 0 aromatic heterocycles. The Hall–Kier alpha value is -1.72. The van der Waals surface area contributed by atoms with Crippen molar-refractivity contribution in [3.05, 3.63) is 29.3 Å². The number of nitrogens with one attached hydrogen (secondary N) is 1. The molecule has 1 aliphatic carbocycles. The van der Waals surface area contributed by atoms with Crippen LogP contribution in [0, 0.1) is 5.92 Å². The first kappa shape index (κ1) is 13.7. The molecule has 104 valence electrons. The third-order valence-electron chi connectivity index (χ3n) is 3.40. The number of nitrogens with two attached hydrogens (primary N) is 1. The van der Waals surface area contributed by atoms with E-state index in [9.17, 15) is 18.0 Å². The quantitative estimate of drug-likeness (QED) is 0.831. The van der Waals surface area contributed by atoms with E-state index in [-0.39, 0.29) is 11.3 Å². The predicted molar refractivity (Wildman–Crippen MR) is 65.5 cm³/mol. The molecular weight excluding hydrogens is 257 g/mol. The van der Waals surface area contributed by atoms with Crippen LogP contribution in [-0.2, 0) is 6.18 Å². The van der Waals surface area contributed by atoms with Gasteiger partial charge in [-0.15, -0.1) is 0 Å². The highest BCUT2D eigenvalue weighted by molar-refractivity contribution is 5.99. The topological polar surface area (TPSA) is 55.1 Å². The van der Waals surface area contributed by atoms with Crippen LogP contribution in [0.15, 0.2) is 18.2 Å². The molecule has 0 atom stereocenters. The first-order chi connectivity index (χ1) is 8.88. The first-order valence-electron chi connectivity index (χ1n) is 6.13. The van der Waals surface area contributed by atoms with Crippen LogP contribution in [0.25, 0.3) is 0 Å². The summed E-state index contributed by atoms with van der Waals surface area (Å²) >= 11 is 0. The molecule has 0 spiro atoms. The van der Waals surface area contributed by atoms with E-state index < -0.39 is 17.6 Å². The molecular formula is C13H15F3N2O. The van der Waals surface area contributed by atoms with Crippen molar-refractivity contribution in [2.75, 3.05) is 12.3 Å². The van der Waals surface area contributed by atoms with Gasteiger partial charge in [-0.05, 0) is 37.0 Å². The molecule has 1 aromatic rings. The summed E-state index contributed by atoms with van der Waals surface area (Å²) in [6, 6.07) is 2.78. The van der Waals surface area contributed by atoms with Gasteiger partial charge < -0.3 is 11.1 Å².